The van der Waals surface area contributed by atoms with Crippen molar-refractivity contribution in [3.05, 3.63) is 53.6 Å². The number of nitrogens with one attached hydrogen (secondary N) is 1. The van der Waals surface area contributed by atoms with Crippen molar-refractivity contribution in [3.8, 4) is 5.75 Å². The summed E-state index contributed by atoms with van der Waals surface area (Å²) in [6.45, 7) is 3.96. The van der Waals surface area contributed by atoms with Gasteiger partial charge in [-0.15, -0.1) is 11.8 Å². The maximum Gasteiger partial charge on any atom is 0.234 e. The molecule has 3 nitrogen and oxygen atoms in total. The molecule has 0 spiro atoms. The molecule has 1 amide bonds. The highest BCUT2D eigenvalue weighted by Gasteiger charge is 2.07. The van der Waals surface area contributed by atoms with E-state index in [0.29, 0.717) is 4.90 Å². The smallest absolute Gasteiger partial charge is 0.234 e. The Morgan fingerprint density at radius 2 is 1.95 bits per heavy atom. The molecular weight excluding hydrogens is 270 g/mol. The molecule has 2 aromatic carbocycles. The third-order valence-corrected chi connectivity index (χ3v) is 3.95. The second-order valence-electron chi connectivity index (χ2n) is 4.62. The Kier molecular flexibility index (Phi) is 4.69. The summed E-state index contributed by atoms with van der Waals surface area (Å²) in [6, 6.07) is 13.0. The first kappa shape index (κ1) is 14.5. The van der Waals surface area contributed by atoms with Crippen molar-refractivity contribution >= 4 is 23.4 Å². The summed E-state index contributed by atoms with van der Waals surface area (Å²) < 4.78 is 0. The number of anilines is 1. The minimum Gasteiger partial charge on any atom is -0.507 e. The number of carbonyl (C=O) groups excluding carboxylic acids is 1. The summed E-state index contributed by atoms with van der Waals surface area (Å²) in [4.78, 5) is 12.7. The van der Waals surface area contributed by atoms with Crippen LogP contribution in [-0.4, -0.2) is 16.8 Å². The Morgan fingerprint density at radius 3 is 2.70 bits per heavy atom. The van der Waals surface area contributed by atoms with Gasteiger partial charge < -0.3 is 10.4 Å². The van der Waals surface area contributed by atoms with Crippen LogP contribution in [0.15, 0.2) is 47.4 Å². The second kappa shape index (κ2) is 6.48. The molecule has 0 saturated carbocycles. The van der Waals surface area contributed by atoms with Gasteiger partial charge in [0, 0.05) is 10.6 Å². The number of amides is 1. The van der Waals surface area contributed by atoms with Crippen molar-refractivity contribution in [2.75, 3.05) is 11.1 Å². The van der Waals surface area contributed by atoms with Crippen LogP contribution in [0.5, 0.6) is 5.75 Å². The van der Waals surface area contributed by atoms with Gasteiger partial charge in [0.05, 0.1) is 5.75 Å². The van der Waals surface area contributed by atoms with Crippen molar-refractivity contribution < 1.29 is 9.90 Å². The van der Waals surface area contributed by atoms with E-state index in [4.69, 9.17) is 0 Å². The lowest BCUT2D eigenvalue weighted by molar-refractivity contribution is -0.113. The van der Waals surface area contributed by atoms with Gasteiger partial charge in [0.1, 0.15) is 5.75 Å². The van der Waals surface area contributed by atoms with Gasteiger partial charge in [-0.05, 0) is 43.2 Å². The number of carbonyl (C=O) groups is 1. The molecule has 104 valence electrons. The lowest BCUT2D eigenvalue weighted by atomic mass is 10.1. The standard InChI is InChI=1S/C16H17NO2S/c1-11-7-8-12(2)13(9-11)17-16(19)10-20-15-6-4-3-5-14(15)18/h3-9,18H,10H2,1-2H3,(H,17,19). The molecule has 0 bridgehead atoms. The van der Waals surface area contributed by atoms with Crippen LogP contribution in [-0.2, 0) is 4.79 Å². The van der Waals surface area contributed by atoms with E-state index in [1.807, 2.05) is 38.1 Å². The fourth-order valence-corrected chi connectivity index (χ4v) is 2.53. The van der Waals surface area contributed by atoms with Gasteiger partial charge in [0.2, 0.25) is 5.91 Å². The molecule has 20 heavy (non-hydrogen) atoms. The fraction of sp³-hybridized carbons (Fsp3) is 0.188. The number of thioether (sulfide) groups is 1. The Balaban J connectivity index is 1.96. The molecule has 0 saturated heterocycles. The van der Waals surface area contributed by atoms with E-state index in [2.05, 4.69) is 5.32 Å². The van der Waals surface area contributed by atoms with Crippen molar-refractivity contribution in [2.24, 2.45) is 0 Å². The van der Waals surface area contributed by atoms with Crippen LogP contribution in [0.3, 0.4) is 0 Å². The van der Waals surface area contributed by atoms with E-state index in [9.17, 15) is 9.90 Å². The van der Waals surface area contributed by atoms with Crippen LogP contribution in [0.1, 0.15) is 11.1 Å². The fourth-order valence-electron chi connectivity index (χ4n) is 1.78. The Bertz CT molecular complexity index is 626. The van der Waals surface area contributed by atoms with E-state index >= 15 is 0 Å². The number of para-hydroxylation sites is 1. The Hall–Kier alpha value is -1.94. The second-order valence-corrected chi connectivity index (χ2v) is 5.64. The minimum atomic E-state index is -0.0769. The zero-order valence-electron chi connectivity index (χ0n) is 11.5. The molecular formula is C16H17NO2S. The number of hydrogen-bond acceptors (Lipinski definition) is 3. The number of phenolic OH excluding ortho intramolecular Hbond substituents is 1. The largest absolute Gasteiger partial charge is 0.507 e. The van der Waals surface area contributed by atoms with Crippen molar-refractivity contribution in [3.63, 3.8) is 0 Å². The first-order valence-corrected chi connectivity index (χ1v) is 7.33. The van der Waals surface area contributed by atoms with E-state index in [-0.39, 0.29) is 17.4 Å². The van der Waals surface area contributed by atoms with Crippen LogP contribution in [0, 0.1) is 13.8 Å². The Morgan fingerprint density at radius 1 is 1.20 bits per heavy atom. The monoisotopic (exact) mass is 287 g/mol. The quantitative estimate of drug-likeness (QED) is 0.842. The highest BCUT2D eigenvalue weighted by Crippen LogP contribution is 2.27. The first-order valence-electron chi connectivity index (χ1n) is 6.34. The predicted octanol–water partition coefficient (Wildman–Crippen LogP) is 3.74. The van der Waals surface area contributed by atoms with Crippen LogP contribution in [0.4, 0.5) is 5.69 Å². The van der Waals surface area contributed by atoms with Crippen LogP contribution >= 0.6 is 11.8 Å². The van der Waals surface area contributed by atoms with Crippen molar-refractivity contribution in [1.82, 2.24) is 0 Å². The number of aryl methyl sites for hydroxylation is 2. The average molecular weight is 287 g/mol. The number of hydrogen-bond donors (Lipinski definition) is 2. The molecule has 0 aliphatic rings. The van der Waals surface area contributed by atoms with Gasteiger partial charge in [-0.25, -0.2) is 0 Å². The van der Waals surface area contributed by atoms with Gasteiger partial charge in [0.15, 0.2) is 0 Å². The average Bonchev–Trinajstić information content (AvgIpc) is 2.42. The molecule has 0 fully saturated rings. The molecule has 2 aromatic rings. The SMILES string of the molecule is Cc1ccc(C)c(NC(=O)CSc2ccccc2O)c1. The van der Waals surface area contributed by atoms with Gasteiger partial charge in [-0.2, -0.15) is 0 Å². The van der Waals surface area contributed by atoms with Crippen molar-refractivity contribution in [2.45, 2.75) is 18.7 Å². The van der Waals surface area contributed by atoms with Crippen molar-refractivity contribution in [1.29, 1.82) is 0 Å². The minimum absolute atomic E-state index is 0.0769. The first-order chi connectivity index (χ1) is 9.56. The predicted molar refractivity (Wildman–Crippen MR) is 83.4 cm³/mol. The highest BCUT2D eigenvalue weighted by molar-refractivity contribution is 8.00. The van der Waals surface area contributed by atoms with E-state index in [1.165, 1.54) is 11.8 Å². The summed E-state index contributed by atoms with van der Waals surface area (Å²) >= 11 is 1.32. The topological polar surface area (TPSA) is 49.3 Å². The molecule has 4 heteroatoms. The summed E-state index contributed by atoms with van der Waals surface area (Å²) in [6.07, 6.45) is 0. The highest BCUT2D eigenvalue weighted by atomic mass is 32.2. The van der Waals surface area contributed by atoms with Crippen LogP contribution in [0.2, 0.25) is 0 Å². The van der Waals surface area contributed by atoms with Gasteiger partial charge in [-0.3, -0.25) is 4.79 Å². The number of rotatable bonds is 4. The molecule has 0 aromatic heterocycles. The van der Waals surface area contributed by atoms with Gasteiger partial charge in [0.25, 0.3) is 0 Å². The van der Waals surface area contributed by atoms with E-state index < -0.39 is 0 Å². The summed E-state index contributed by atoms with van der Waals surface area (Å²) in [5, 5.41) is 12.5. The summed E-state index contributed by atoms with van der Waals surface area (Å²) in [7, 11) is 0. The van der Waals surface area contributed by atoms with Crippen LogP contribution in [0.25, 0.3) is 0 Å². The number of phenols is 1. The lowest BCUT2D eigenvalue weighted by Gasteiger charge is -2.09. The molecule has 0 unspecified atom stereocenters. The molecule has 2 N–H and O–H groups in total. The van der Waals surface area contributed by atoms with Crippen LogP contribution < -0.4 is 5.32 Å². The summed E-state index contributed by atoms with van der Waals surface area (Å²) in [5.41, 5.74) is 2.99. The molecule has 0 heterocycles. The molecule has 0 atom stereocenters. The maximum atomic E-state index is 11.9. The summed E-state index contributed by atoms with van der Waals surface area (Å²) in [5.74, 6) is 0.397. The third kappa shape index (κ3) is 3.78. The molecule has 2 rings (SSSR count). The van der Waals surface area contributed by atoms with E-state index in [1.54, 1.807) is 18.2 Å². The zero-order valence-corrected chi connectivity index (χ0v) is 12.3. The normalized spacial score (nSPS) is 10.3. The Labute approximate surface area is 123 Å². The van der Waals surface area contributed by atoms with Gasteiger partial charge in [-0.1, -0.05) is 24.3 Å². The van der Waals surface area contributed by atoms with E-state index in [0.717, 1.165) is 16.8 Å². The van der Waals surface area contributed by atoms with Gasteiger partial charge >= 0.3 is 0 Å². The number of aromatic hydroxyl groups is 1. The lowest BCUT2D eigenvalue weighted by Crippen LogP contribution is -2.14. The number of benzene rings is 2. The molecule has 0 aliphatic heterocycles. The zero-order chi connectivity index (χ0) is 14.5. The third-order valence-electron chi connectivity index (χ3n) is 2.89. The molecule has 0 radical (unpaired) electrons. The maximum absolute atomic E-state index is 11.9. The molecule has 0 aliphatic carbocycles.